The molecule has 4 aromatic rings. The molecule has 6 heteroatoms. The van der Waals surface area contributed by atoms with Gasteiger partial charge in [0.25, 0.3) is 0 Å². The summed E-state index contributed by atoms with van der Waals surface area (Å²) in [6.07, 6.45) is 3.60. The molecule has 2 N–H and O–H groups in total. The van der Waals surface area contributed by atoms with Crippen molar-refractivity contribution in [1.29, 1.82) is 0 Å². The zero-order valence-electron chi connectivity index (χ0n) is 15.1. The summed E-state index contributed by atoms with van der Waals surface area (Å²) in [6.45, 7) is 3.22. The van der Waals surface area contributed by atoms with Crippen molar-refractivity contribution in [1.82, 2.24) is 25.1 Å². The number of amides is 1. The Labute approximate surface area is 157 Å². The van der Waals surface area contributed by atoms with Crippen LogP contribution in [0.3, 0.4) is 0 Å². The molecule has 136 valence electrons. The van der Waals surface area contributed by atoms with E-state index in [0.29, 0.717) is 19.5 Å². The minimum absolute atomic E-state index is 0.0227. The molecule has 2 aromatic carbocycles. The monoisotopic (exact) mass is 359 g/mol. The number of rotatable bonds is 6. The average Bonchev–Trinajstić information content (AvgIpc) is 3.29. The van der Waals surface area contributed by atoms with Gasteiger partial charge >= 0.3 is 0 Å². The summed E-state index contributed by atoms with van der Waals surface area (Å²) in [7, 11) is 0. The van der Waals surface area contributed by atoms with E-state index in [1.807, 2.05) is 49.4 Å². The minimum Gasteiger partial charge on any atom is -0.358 e. The molecule has 0 fully saturated rings. The van der Waals surface area contributed by atoms with E-state index in [9.17, 15) is 4.79 Å². The van der Waals surface area contributed by atoms with Crippen molar-refractivity contribution in [2.24, 2.45) is 0 Å². The van der Waals surface area contributed by atoms with Gasteiger partial charge in [0.2, 0.25) is 5.91 Å². The summed E-state index contributed by atoms with van der Waals surface area (Å²) in [5.74, 6) is 0.0227. The number of nitrogens with one attached hydrogen (secondary N) is 2. The topological polar surface area (TPSA) is 75.6 Å². The highest BCUT2D eigenvalue weighted by Crippen LogP contribution is 2.22. The van der Waals surface area contributed by atoms with E-state index < -0.39 is 0 Å². The lowest BCUT2D eigenvalue weighted by Gasteiger charge is -2.07. The summed E-state index contributed by atoms with van der Waals surface area (Å²) in [5.41, 5.74) is 5.39. The van der Waals surface area contributed by atoms with Crippen LogP contribution in [-0.4, -0.2) is 25.7 Å². The lowest BCUT2D eigenvalue weighted by Crippen LogP contribution is -2.24. The second-order valence-electron chi connectivity index (χ2n) is 6.64. The minimum atomic E-state index is 0.0227. The predicted octanol–water partition coefficient (Wildman–Crippen LogP) is 2.98. The molecule has 0 spiro atoms. The van der Waals surface area contributed by atoms with Gasteiger partial charge in [-0.05, 0) is 29.7 Å². The van der Waals surface area contributed by atoms with Crippen molar-refractivity contribution in [2.45, 2.75) is 26.4 Å². The summed E-state index contributed by atoms with van der Waals surface area (Å²) in [6, 6.07) is 16.2. The average molecular weight is 359 g/mol. The number of benzene rings is 2. The third-order valence-electron chi connectivity index (χ3n) is 4.69. The van der Waals surface area contributed by atoms with Crippen LogP contribution in [0.25, 0.3) is 10.9 Å². The number of hydrogen-bond acceptors (Lipinski definition) is 3. The van der Waals surface area contributed by atoms with Gasteiger partial charge in [0.05, 0.1) is 13.0 Å². The van der Waals surface area contributed by atoms with Crippen molar-refractivity contribution in [3.63, 3.8) is 0 Å². The Morgan fingerprint density at radius 3 is 2.67 bits per heavy atom. The fourth-order valence-corrected chi connectivity index (χ4v) is 3.25. The Bertz CT molecular complexity index is 1050. The van der Waals surface area contributed by atoms with Gasteiger partial charge in [0, 0.05) is 23.1 Å². The first-order valence-corrected chi connectivity index (χ1v) is 8.92. The highest BCUT2D eigenvalue weighted by molar-refractivity contribution is 5.90. The van der Waals surface area contributed by atoms with E-state index in [-0.39, 0.29) is 5.91 Å². The van der Waals surface area contributed by atoms with Crippen molar-refractivity contribution in [2.75, 3.05) is 0 Å². The molecular formula is C21H21N5O. The van der Waals surface area contributed by atoms with Crippen LogP contribution in [0.2, 0.25) is 0 Å². The molecule has 4 rings (SSSR count). The van der Waals surface area contributed by atoms with E-state index in [0.717, 1.165) is 33.3 Å². The van der Waals surface area contributed by atoms with Crippen LogP contribution >= 0.6 is 0 Å². The number of hydrogen-bond donors (Lipinski definition) is 2. The molecule has 0 bridgehead atoms. The first-order valence-electron chi connectivity index (χ1n) is 8.92. The van der Waals surface area contributed by atoms with Crippen LogP contribution in [0, 0.1) is 6.92 Å². The van der Waals surface area contributed by atoms with E-state index in [1.165, 1.54) is 6.33 Å². The van der Waals surface area contributed by atoms with E-state index in [2.05, 4.69) is 26.4 Å². The highest BCUT2D eigenvalue weighted by atomic mass is 16.1. The molecule has 0 saturated carbocycles. The third kappa shape index (κ3) is 3.89. The molecule has 0 aliphatic heterocycles. The Kier molecular flexibility index (Phi) is 4.70. The van der Waals surface area contributed by atoms with Gasteiger partial charge in [-0.2, -0.15) is 5.10 Å². The molecule has 0 radical (unpaired) electrons. The number of aryl methyl sites for hydroxylation is 1. The Balaban J connectivity index is 1.35. The molecule has 0 unspecified atom stereocenters. The molecule has 6 nitrogen and oxygen atoms in total. The van der Waals surface area contributed by atoms with Gasteiger partial charge in [-0.15, -0.1) is 0 Å². The second-order valence-corrected chi connectivity index (χ2v) is 6.64. The predicted molar refractivity (Wildman–Crippen MR) is 104 cm³/mol. The summed E-state index contributed by atoms with van der Waals surface area (Å²) < 4.78 is 1.78. The maximum atomic E-state index is 12.4. The zero-order valence-corrected chi connectivity index (χ0v) is 15.1. The van der Waals surface area contributed by atoms with Gasteiger partial charge in [-0.25, -0.2) is 9.67 Å². The third-order valence-corrected chi connectivity index (χ3v) is 4.69. The number of aromatic amines is 1. The number of carbonyl (C=O) groups is 1. The number of aromatic nitrogens is 4. The van der Waals surface area contributed by atoms with Crippen LogP contribution in [0.5, 0.6) is 0 Å². The maximum absolute atomic E-state index is 12.4. The van der Waals surface area contributed by atoms with Gasteiger partial charge < -0.3 is 10.3 Å². The molecule has 2 heterocycles. The summed E-state index contributed by atoms with van der Waals surface area (Å²) >= 11 is 0. The highest BCUT2D eigenvalue weighted by Gasteiger charge is 2.12. The standard InChI is InChI=1S/C21H21N5O/c1-15-19(18-4-2-3-5-20(18)25-15)10-21(27)23-11-16-6-8-17(9-7-16)12-26-14-22-13-24-26/h2-9,13-14,25H,10-12H2,1H3,(H,23,27). The van der Waals surface area contributed by atoms with E-state index in [4.69, 9.17) is 0 Å². The van der Waals surface area contributed by atoms with Crippen LogP contribution in [-0.2, 0) is 24.3 Å². The van der Waals surface area contributed by atoms with Gasteiger partial charge in [-0.3, -0.25) is 4.79 Å². The summed E-state index contributed by atoms with van der Waals surface area (Å²) in [4.78, 5) is 19.7. The zero-order chi connectivity index (χ0) is 18.6. The molecule has 1 amide bonds. The number of carbonyl (C=O) groups excluding carboxylic acids is 1. The van der Waals surface area contributed by atoms with Crippen LogP contribution in [0.4, 0.5) is 0 Å². The summed E-state index contributed by atoms with van der Waals surface area (Å²) in [5, 5.41) is 8.23. The number of nitrogens with zero attached hydrogens (tertiary/aromatic N) is 3. The van der Waals surface area contributed by atoms with Crippen molar-refractivity contribution < 1.29 is 4.79 Å². The fourth-order valence-electron chi connectivity index (χ4n) is 3.25. The SMILES string of the molecule is Cc1[nH]c2ccccc2c1CC(=O)NCc1ccc(Cn2cncn2)cc1. The molecular weight excluding hydrogens is 338 g/mol. The largest absolute Gasteiger partial charge is 0.358 e. The van der Waals surface area contributed by atoms with Crippen LogP contribution in [0.15, 0.2) is 61.2 Å². The smallest absolute Gasteiger partial charge is 0.224 e. The number of para-hydroxylation sites is 1. The number of fused-ring (bicyclic) bond motifs is 1. The normalized spacial score (nSPS) is 11.0. The lowest BCUT2D eigenvalue weighted by molar-refractivity contribution is -0.120. The van der Waals surface area contributed by atoms with Crippen molar-refractivity contribution in [3.05, 3.63) is 83.6 Å². The van der Waals surface area contributed by atoms with Crippen molar-refractivity contribution in [3.8, 4) is 0 Å². The quantitative estimate of drug-likeness (QED) is 0.556. The van der Waals surface area contributed by atoms with Crippen LogP contribution in [0.1, 0.15) is 22.4 Å². The van der Waals surface area contributed by atoms with Gasteiger partial charge in [0.1, 0.15) is 12.7 Å². The molecule has 27 heavy (non-hydrogen) atoms. The first-order chi connectivity index (χ1) is 13.2. The Hall–Kier alpha value is -3.41. The second kappa shape index (κ2) is 7.45. The van der Waals surface area contributed by atoms with E-state index >= 15 is 0 Å². The molecule has 2 aromatic heterocycles. The first kappa shape index (κ1) is 17.0. The fraction of sp³-hybridized carbons (Fsp3) is 0.190. The van der Waals surface area contributed by atoms with Crippen molar-refractivity contribution >= 4 is 16.8 Å². The number of H-pyrrole nitrogens is 1. The molecule has 0 aliphatic carbocycles. The van der Waals surface area contributed by atoms with E-state index in [1.54, 1.807) is 11.0 Å². The maximum Gasteiger partial charge on any atom is 0.224 e. The lowest BCUT2D eigenvalue weighted by atomic mass is 10.1. The molecule has 0 saturated heterocycles. The molecule has 0 aliphatic rings. The Morgan fingerprint density at radius 1 is 1.11 bits per heavy atom. The van der Waals surface area contributed by atoms with Gasteiger partial charge in [-0.1, -0.05) is 42.5 Å². The van der Waals surface area contributed by atoms with Gasteiger partial charge in [0.15, 0.2) is 0 Å². The molecule has 0 atom stereocenters. The van der Waals surface area contributed by atoms with Crippen LogP contribution < -0.4 is 5.32 Å². The Morgan fingerprint density at radius 2 is 1.89 bits per heavy atom.